The van der Waals surface area contributed by atoms with Crippen LogP contribution in [0.25, 0.3) is 0 Å². The van der Waals surface area contributed by atoms with Gasteiger partial charge in [-0.1, -0.05) is 12.1 Å². The summed E-state index contributed by atoms with van der Waals surface area (Å²) in [5.74, 6) is -0.613. The fourth-order valence-electron chi connectivity index (χ4n) is 2.01. The molecule has 2 rings (SSSR count). The van der Waals surface area contributed by atoms with Gasteiger partial charge in [-0.2, -0.15) is 5.26 Å². The van der Waals surface area contributed by atoms with Crippen molar-refractivity contribution in [2.24, 2.45) is 0 Å². The number of ether oxygens (including phenoxy) is 1. The summed E-state index contributed by atoms with van der Waals surface area (Å²) in [4.78, 5) is 26.3. The van der Waals surface area contributed by atoms with Crippen LogP contribution in [0.4, 0.5) is 5.69 Å². The molecule has 6 heteroatoms. The Morgan fingerprint density at radius 2 is 2.25 bits per heavy atom. The van der Waals surface area contributed by atoms with Gasteiger partial charge in [0.25, 0.3) is 0 Å². The maximum absolute atomic E-state index is 12.4. The predicted molar refractivity (Wildman–Crippen MR) is 75.3 cm³/mol. The van der Waals surface area contributed by atoms with E-state index in [4.69, 9.17) is 10.00 Å². The number of amides is 1. The van der Waals surface area contributed by atoms with Crippen molar-refractivity contribution in [3.63, 3.8) is 0 Å². The average molecular weight is 290 g/mol. The van der Waals surface area contributed by atoms with Crippen molar-refractivity contribution in [3.05, 3.63) is 24.3 Å². The number of thioether (sulfide) groups is 1. The second kappa shape index (κ2) is 6.44. The van der Waals surface area contributed by atoms with Crippen LogP contribution in [0.2, 0.25) is 0 Å². The first kappa shape index (κ1) is 14.4. The van der Waals surface area contributed by atoms with Crippen molar-refractivity contribution in [1.29, 1.82) is 5.26 Å². The van der Waals surface area contributed by atoms with E-state index in [1.165, 1.54) is 16.7 Å². The van der Waals surface area contributed by atoms with Crippen LogP contribution in [-0.2, 0) is 14.3 Å². The summed E-state index contributed by atoms with van der Waals surface area (Å²) in [6.45, 7) is 2.00. The zero-order valence-electron chi connectivity index (χ0n) is 11.0. The number of esters is 1. The lowest BCUT2D eigenvalue weighted by Gasteiger charge is -2.31. The molecule has 0 aromatic heterocycles. The fraction of sp³-hybridized carbons (Fsp3) is 0.357. The summed E-state index contributed by atoms with van der Waals surface area (Å²) < 4.78 is 4.89. The number of hydrogen-bond donors (Lipinski definition) is 0. The summed E-state index contributed by atoms with van der Waals surface area (Å²) in [6.07, 6.45) is 0.0214. The molecule has 0 aliphatic carbocycles. The molecule has 0 fully saturated rings. The number of carbonyl (C=O) groups excluding carboxylic acids is 2. The third-order valence-corrected chi connectivity index (χ3v) is 4.10. The molecule has 1 atom stereocenters. The monoisotopic (exact) mass is 290 g/mol. The molecule has 1 unspecified atom stereocenters. The van der Waals surface area contributed by atoms with E-state index in [9.17, 15) is 9.59 Å². The molecule has 0 radical (unpaired) electrons. The van der Waals surface area contributed by atoms with Crippen LogP contribution in [0.15, 0.2) is 29.2 Å². The number of para-hydroxylation sites is 1. The summed E-state index contributed by atoms with van der Waals surface area (Å²) in [7, 11) is 0. The molecule has 0 saturated carbocycles. The van der Waals surface area contributed by atoms with E-state index in [0.29, 0.717) is 6.61 Å². The molecule has 1 aliphatic rings. The van der Waals surface area contributed by atoms with Gasteiger partial charge in [0.05, 0.1) is 30.0 Å². The highest BCUT2D eigenvalue weighted by Crippen LogP contribution is 2.40. The molecule has 20 heavy (non-hydrogen) atoms. The van der Waals surface area contributed by atoms with Crippen LogP contribution >= 0.6 is 11.8 Å². The van der Waals surface area contributed by atoms with Gasteiger partial charge in [0.1, 0.15) is 6.54 Å². The van der Waals surface area contributed by atoms with E-state index in [0.717, 1.165) is 10.6 Å². The first-order chi connectivity index (χ1) is 9.67. The molecule has 0 saturated heterocycles. The Morgan fingerprint density at radius 3 is 2.95 bits per heavy atom. The quantitative estimate of drug-likeness (QED) is 0.626. The van der Waals surface area contributed by atoms with Crippen LogP contribution in [0.3, 0.4) is 0 Å². The van der Waals surface area contributed by atoms with Gasteiger partial charge in [-0.15, -0.1) is 11.8 Å². The molecule has 1 amide bonds. The Hall–Kier alpha value is -2.00. The molecule has 1 aromatic rings. The van der Waals surface area contributed by atoms with Crippen molar-refractivity contribution in [1.82, 2.24) is 0 Å². The molecule has 104 valence electrons. The summed E-state index contributed by atoms with van der Waals surface area (Å²) >= 11 is 1.35. The maximum atomic E-state index is 12.4. The van der Waals surface area contributed by atoms with Gasteiger partial charge in [0.15, 0.2) is 0 Å². The number of nitrogens with zero attached hydrogens (tertiary/aromatic N) is 2. The van der Waals surface area contributed by atoms with Crippen LogP contribution in [0.5, 0.6) is 0 Å². The average Bonchev–Trinajstić information content (AvgIpc) is 2.43. The van der Waals surface area contributed by atoms with Gasteiger partial charge < -0.3 is 4.74 Å². The van der Waals surface area contributed by atoms with E-state index < -0.39 is 11.2 Å². The van der Waals surface area contributed by atoms with Gasteiger partial charge in [0.2, 0.25) is 5.91 Å². The normalized spacial score (nSPS) is 17.3. The minimum absolute atomic E-state index is 0.0181. The van der Waals surface area contributed by atoms with Gasteiger partial charge in [-0.05, 0) is 19.1 Å². The van der Waals surface area contributed by atoms with Gasteiger partial charge in [0, 0.05) is 4.90 Å². The molecule has 1 aliphatic heterocycles. The van der Waals surface area contributed by atoms with Crippen molar-refractivity contribution in [2.75, 3.05) is 18.1 Å². The predicted octanol–water partition coefficient (Wildman–Crippen LogP) is 1.97. The minimum Gasteiger partial charge on any atom is -0.466 e. The highest BCUT2D eigenvalue weighted by atomic mass is 32.2. The van der Waals surface area contributed by atoms with Crippen molar-refractivity contribution < 1.29 is 14.3 Å². The number of nitriles is 1. The number of rotatable bonds is 4. The summed E-state index contributed by atoms with van der Waals surface area (Å²) in [5, 5.41) is 8.34. The highest BCUT2D eigenvalue weighted by Gasteiger charge is 2.34. The van der Waals surface area contributed by atoms with Crippen molar-refractivity contribution in [2.45, 2.75) is 23.5 Å². The minimum atomic E-state index is -0.530. The third kappa shape index (κ3) is 2.94. The molecular weight excluding hydrogens is 276 g/mol. The zero-order valence-corrected chi connectivity index (χ0v) is 11.9. The number of fused-ring (bicyclic) bond motifs is 1. The SMILES string of the molecule is CCOC(=O)CC1Sc2ccccc2N(CC#N)C1=O. The first-order valence-electron chi connectivity index (χ1n) is 6.27. The van der Waals surface area contributed by atoms with E-state index in [1.807, 2.05) is 24.3 Å². The van der Waals surface area contributed by atoms with Gasteiger partial charge >= 0.3 is 5.97 Å². The zero-order chi connectivity index (χ0) is 14.5. The topological polar surface area (TPSA) is 70.4 Å². The molecule has 1 aromatic carbocycles. The largest absolute Gasteiger partial charge is 0.466 e. The summed E-state index contributed by atoms with van der Waals surface area (Å²) in [5.41, 5.74) is 0.726. The standard InChI is InChI=1S/C14H14N2O3S/c1-2-19-13(17)9-12-14(18)16(8-7-15)10-5-3-4-6-11(10)20-12/h3-6,12H,2,8-9H2,1H3. The lowest BCUT2D eigenvalue weighted by molar-refractivity contribution is -0.144. The fourth-order valence-corrected chi connectivity index (χ4v) is 3.22. The van der Waals surface area contributed by atoms with Crippen molar-refractivity contribution in [3.8, 4) is 6.07 Å². The second-order valence-corrected chi connectivity index (χ2v) is 5.41. The lowest BCUT2D eigenvalue weighted by atomic mass is 10.2. The third-order valence-electron chi connectivity index (χ3n) is 2.85. The molecular formula is C14H14N2O3S. The molecule has 0 bridgehead atoms. The van der Waals surface area contributed by atoms with Gasteiger partial charge in [-0.25, -0.2) is 0 Å². The Morgan fingerprint density at radius 1 is 1.50 bits per heavy atom. The molecule has 0 spiro atoms. The van der Waals surface area contributed by atoms with Crippen LogP contribution < -0.4 is 4.90 Å². The van der Waals surface area contributed by atoms with E-state index in [2.05, 4.69) is 0 Å². The molecule has 0 N–H and O–H groups in total. The Kier molecular flexibility index (Phi) is 4.64. The van der Waals surface area contributed by atoms with Gasteiger partial charge in [-0.3, -0.25) is 14.5 Å². The number of hydrogen-bond acceptors (Lipinski definition) is 5. The smallest absolute Gasteiger partial charge is 0.307 e. The Balaban J connectivity index is 2.24. The Bertz CT molecular complexity index is 568. The first-order valence-corrected chi connectivity index (χ1v) is 7.15. The van der Waals surface area contributed by atoms with Crippen LogP contribution in [-0.4, -0.2) is 30.3 Å². The summed E-state index contributed by atoms with van der Waals surface area (Å²) in [6, 6.07) is 9.37. The number of carbonyl (C=O) groups is 2. The lowest BCUT2D eigenvalue weighted by Crippen LogP contribution is -2.42. The molecule has 1 heterocycles. The second-order valence-electron chi connectivity index (χ2n) is 4.17. The van der Waals surface area contributed by atoms with E-state index in [-0.39, 0.29) is 18.9 Å². The molecule has 5 nitrogen and oxygen atoms in total. The van der Waals surface area contributed by atoms with Crippen LogP contribution in [0.1, 0.15) is 13.3 Å². The van der Waals surface area contributed by atoms with Crippen molar-refractivity contribution >= 4 is 29.3 Å². The maximum Gasteiger partial charge on any atom is 0.307 e. The highest BCUT2D eigenvalue weighted by molar-refractivity contribution is 8.01. The van der Waals surface area contributed by atoms with Crippen LogP contribution in [0, 0.1) is 11.3 Å². The Labute approximate surface area is 121 Å². The van der Waals surface area contributed by atoms with E-state index in [1.54, 1.807) is 13.0 Å². The number of anilines is 1. The number of benzene rings is 1. The van der Waals surface area contributed by atoms with E-state index >= 15 is 0 Å².